The van der Waals surface area contributed by atoms with Crippen molar-refractivity contribution in [1.29, 1.82) is 0 Å². The molecule has 0 unspecified atom stereocenters. The van der Waals surface area contributed by atoms with E-state index in [-0.39, 0.29) is 0 Å². The molecule has 2 nitrogen and oxygen atoms in total. The van der Waals surface area contributed by atoms with Crippen LogP contribution in [0.3, 0.4) is 0 Å². The van der Waals surface area contributed by atoms with Gasteiger partial charge in [0.25, 0.3) is 0 Å². The minimum atomic E-state index is 0.746. The van der Waals surface area contributed by atoms with Gasteiger partial charge in [-0.3, -0.25) is 0 Å². The predicted molar refractivity (Wildman–Crippen MR) is 87.1 cm³/mol. The molecule has 2 aliphatic carbocycles. The van der Waals surface area contributed by atoms with Crippen LogP contribution in [0.2, 0.25) is 0 Å². The van der Waals surface area contributed by atoms with E-state index in [1.165, 1.54) is 56.9 Å². The maximum atomic E-state index is 5.19. The Morgan fingerprint density at radius 2 is 1.33 bits per heavy atom. The van der Waals surface area contributed by atoms with Crippen molar-refractivity contribution in [3.8, 4) is 5.75 Å². The summed E-state index contributed by atoms with van der Waals surface area (Å²) >= 11 is 0. The lowest BCUT2D eigenvalue weighted by molar-refractivity contribution is 0.165. The number of hydrogen-bond acceptors (Lipinski definition) is 2. The summed E-state index contributed by atoms with van der Waals surface area (Å²) in [6, 6.07) is 8.36. The molecule has 2 saturated carbocycles. The quantitative estimate of drug-likeness (QED) is 0.790. The summed E-state index contributed by atoms with van der Waals surface area (Å²) in [5.74, 6) is 9.68. The molecule has 0 radical (unpaired) electrons. The standard InChI is InChI=1S/C19H29NO/c1-14-2-4-15(5-3-14)16-6-8-17(9-7-16)18-10-12-19(21-20)13-11-18/h10-17H,2-9,20H2,1H3. The normalized spacial score (nSPS) is 33.6. The van der Waals surface area contributed by atoms with Crippen LogP contribution in [0.1, 0.15) is 69.8 Å². The maximum absolute atomic E-state index is 5.19. The summed E-state index contributed by atoms with van der Waals surface area (Å²) in [5, 5.41) is 0. The fourth-order valence-corrected chi connectivity index (χ4v) is 4.50. The first-order valence-electron chi connectivity index (χ1n) is 8.73. The van der Waals surface area contributed by atoms with E-state index in [0.29, 0.717) is 0 Å². The van der Waals surface area contributed by atoms with Crippen molar-refractivity contribution < 1.29 is 4.84 Å². The summed E-state index contributed by atoms with van der Waals surface area (Å²) in [6.07, 6.45) is 11.5. The Hall–Kier alpha value is -1.02. The highest BCUT2D eigenvalue weighted by Crippen LogP contribution is 2.43. The average Bonchev–Trinajstić information content (AvgIpc) is 2.56. The van der Waals surface area contributed by atoms with Gasteiger partial charge in [-0.1, -0.05) is 31.9 Å². The Morgan fingerprint density at radius 3 is 1.86 bits per heavy atom. The lowest BCUT2D eigenvalue weighted by atomic mass is 9.68. The highest BCUT2D eigenvalue weighted by molar-refractivity contribution is 5.29. The van der Waals surface area contributed by atoms with E-state index in [2.05, 4.69) is 19.1 Å². The number of rotatable bonds is 3. The third-order valence-corrected chi connectivity index (χ3v) is 5.99. The molecule has 0 saturated heterocycles. The average molecular weight is 287 g/mol. The number of benzene rings is 1. The van der Waals surface area contributed by atoms with Crippen LogP contribution in [0.15, 0.2) is 24.3 Å². The molecule has 0 aliphatic heterocycles. The predicted octanol–water partition coefficient (Wildman–Crippen LogP) is 5.04. The molecule has 2 aliphatic rings. The largest absolute Gasteiger partial charge is 0.412 e. The van der Waals surface area contributed by atoms with Crippen LogP contribution < -0.4 is 10.7 Å². The van der Waals surface area contributed by atoms with Crippen molar-refractivity contribution in [1.82, 2.24) is 0 Å². The van der Waals surface area contributed by atoms with Gasteiger partial charge in [0.05, 0.1) is 0 Å². The topological polar surface area (TPSA) is 35.2 Å². The molecule has 0 aromatic heterocycles. The van der Waals surface area contributed by atoms with Crippen molar-refractivity contribution in [2.75, 3.05) is 0 Å². The van der Waals surface area contributed by atoms with Crippen LogP contribution in [0.4, 0.5) is 0 Å². The van der Waals surface area contributed by atoms with Crippen LogP contribution >= 0.6 is 0 Å². The SMILES string of the molecule is CC1CCC(C2CCC(c3ccc(ON)cc3)CC2)CC1. The molecule has 116 valence electrons. The highest BCUT2D eigenvalue weighted by atomic mass is 16.6. The summed E-state index contributed by atoms with van der Waals surface area (Å²) < 4.78 is 0. The first-order chi connectivity index (χ1) is 10.3. The zero-order valence-electron chi connectivity index (χ0n) is 13.3. The molecule has 2 heteroatoms. The van der Waals surface area contributed by atoms with Crippen LogP contribution in [0.25, 0.3) is 0 Å². The van der Waals surface area contributed by atoms with E-state index in [0.717, 1.165) is 29.4 Å². The van der Waals surface area contributed by atoms with E-state index in [1.807, 2.05) is 12.1 Å². The van der Waals surface area contributed by atoms with Crippen molar-refractivity contribution in [2.24, 2.45) is 23.7 Å². The zero-order valence-corrected chi connectivity index (χ0v) is 13.3. The highest BCUT2D eigenvalue weighted by Gasteiger charge is 2.30. The zero-order chi connectivity index (χ0) is 14.7. The molecular weight excluding hydrogens is 258 g/mol. The lowest BCUT2D eigenvalue weighted by Gasteiger charge is -2.37. The fourth-order valence-electron chi connectivity index (χ4n) is 4.50. The van der Waals surface area contributed by atoms with Gasteiger partial charge in [0.1, 0.15) is 5.75 Å². The maximum Gasteiger partial charge on any atom is 0.146 e. The molecule has 3 rings (SSSR count). The number of nitrogens with two attached hydrogens (primary N) is 1. The summed E-state index contributed by atoms with van der Waals surface area (Å²) in [6.45, 7) is 2.42. The minimum absolute atomic E-state index is 0.746. The molecule has 0 amide bonds. The van der Waals surface area contributed by atoms with Gasteiger partial charge in [-0.25, -0.2) is 0 Å². The van der Waals surface area contributed by atoms with E-state index in [4.69, 9.17) is 10.7 Å². The van der Waals surface area contributed by atoms with Gasteiger partial charge < -0.3 is 4.84 Å². The Balaban J connectivity index is 1.52. The molecule has 2 N–H and O–H groups in total. The van der Waals surface area contributed by atoms with E-state index < -0.39 is 0 Å². The van der Waals surface area contributed by atoms with Gasteiger partial charge in [-0.05, 0) is 79.9 Å². The van der Waals surface area contributed by atoms with Crippen molar-refractivity contribution in [3.63, 3.8) is 0 Å². The van der Waals surface area contributed by atoms with Crippen LogP contribution in [-0.2, 0) is 0 Å². The summed E-state index contributed by atoms with van der Waals surface area (Å²) in [4.78, 5) is 4.76. The van der Waals surface area contributed by atoms with Gasteiger partial charge in [0, 0.05) is 0 Å². The summed E-state index contributed by atoms with van der Waals surface area (Å²) in [7, 11) is 0. The van der Waals surface area contributed by atoms with Gasteiger partial charge in [-0.2, -0.15) is 5.90 Å². The molecule has 0 bridgehead atoms. The molecule has 21 heavy (non-hydrogen) atoms. The van der Waals surface area contributed by atoms with Gasteiger partial charge in [0.2, 0.25) is 0 Å². The van der Waals surface area contributed by atoms with E-state index >= 15 is 0 Å². The lowest BCUT2D eigenvalue weighted by Crippen LogP contribution is -2.24. The van der Waals surface area contributed by atoms with Crippen molar-refractivity contribution >= 4 is 0 Å². The second-order valence-corrected chi connectivity index (χ2v) is 7.32. The molecule has 0 atom stereocenters. The molecule has 1 aromatic carbocycles. The minimum Gasteiger partial charge on any atom is -0.412 e. The number of hydrogen-bond donors (Lipinski definition) is 1. The third kappa shape index (κ3) is 3.60. The first-order valence-corrected chi connectivity index (χ1v) is 8.73. The van der Waals surface area contributed by atoms with E-state index in [1.54, 1.807) is 0 Å². The Labute approximate surface area is 129 Å². The molecule has 0 spiro atoms. The van der Waals surface area contributed by atoms with Crippen LogP contribution in [0, 0.1) is 17.8 Å². The van der Waals surface area contributed by atoms with Gasteiger partial charge in [-0.15, -0.1) is 0 Å². The van der Waals surface area contributed by atoms with Gasteiger partial charge >= 0.3 is 0 Å². The van der Waals surface area contributed by atoms with E-state index in [9.17, 15) is 0 Å². The van der Waals surface area contributed by atoms with Crippen molar-refractivity contribution in [3.05, 3.63) is 29.8 Å². The van der Waals surface area contributed by atoms with Crippen molar-refractivity contribution in [2.45, 2.75) is 64.2 Å². The Kier molecular flexibility index (Phi) is 4.84. The smallest absolute Gasteiger partial charge is 0.146 e. The molecule has 2 fully saturated rings. The molecule has 1 aromatic rings. The Bertz CT molecular complexity index is 425. The monoisotopic (exact) mass is 287 g/mol. The second-order valence-electron chi connectivity index (χ2n) is 7.32. The molecule has 0 heterocycles. The molecular formula is C19H29NO. The third-order valence-electron chi connectivity index (χ3n) is 5.99. The van der Waals surface area contributed by atoms with Gasteiger partial charge in [0.15, 0.2) is 0 Å². The first kappa shape index (κ1) is 14.9. The van der Waals surface area contributed by atoms with Crippen LogP contribution in [-0.4, -0.2) is 0 Å². The van der Waals surface area contributed by atoms with Crippen LogP contribution in [0.5, 0.6) is 5.75 Å². The fraction of sp³-hybridized carbons (Fsp3) is 0.684. The summed E-state index contributed by atoms with van der Waals surface area (Å²) in [5.41, 5.74) is 1.46. The Morgan fingerprint density at radius 1 is 0.810 bits per heavy atom. The second kappa shape index (κ2) is 6.83.